The first-order chi connectivity index (χ1) is 14.7. The van der Waals surface area contributed by atoms with Crippen molar-refractivity contribution in [3.05, 3.63) is 53.6 Å². The molecule has 1 N–H and O–H groups in total. The second-order valence-electron chi connectivity index (χ2n) is 7.16. The highest BCUT2D eigenvalue weighted by atomic mass is 32.2. The summed E-state index contributed by atoms with van der Waals surface area (Å²) < 4.78 is 28.3. The number of nitrogens with one attached hydrogen (secondary N) is 1. The van der Waals surface area contributed by atoms with E-state index in [-0.39, 0.29) is 16.6 Å². The van der Waals surface area contributed by atoms with E-state index in [2.05, 4.69) is 15.5 Å². The van der Waals surface area contributed by atoms with Crippen LogP contribution in [0.4, 0.5) is 0 Å². The van der Waals surface area contributed by atoms with E-state index in [0.717, 1.165) is 16.8 Å². The number of nitrogens with zero attached hydrogens (tertiary/aromatic N) is 4. The number of rotatable bonds is 7. The van der Waals surface area contributed by atoms with Gasteiger partial charge in [-0.2, -0.15) is 0 Å². The Morgan fingerprint density at radius 3 is 2.35 bits per heavy atom. The van der Waals surface area contributed by atoms with Gasteiger partial charge in [-0.3, -0.25) is 9.36 Å². The molecular weight excluding hydrogens is 434 g/mol. The molecule has 0 unspecified atom stereocenters. The van der Waals surface area contributed by atoms with Gasteiger partial charge in [0.1, 0.15) is 0 Å². The molecule has 0 bridgehead atoms. The van der Waals surface area contributed by atoms with Crippen LogP contribution in [0, 0.1) is 13.8 Å². The highest BCUT2D eigenvalue weighted by molar-refractivity contribution is 7.99. The minimum Gasteiger partial charge on any atom is -0.358 e. The highest BCUT2D eigenvalue weighted by Crippen LogP contribution is 2.32. The smallest absolute Gasteiger partial charge is 0.242 e. The molecule has 0 aliphatic rings. The zero-order chi connectivity index (χ0) is 22.8. The van der Waals surface area contributed by atoms with Crippen LogP contribution in [-0.4, -0.2) is 60.3 Å². The number of carbonyl (C=O) groups is 1. The van der Waals surface area contributed by atoms with Gasteiger partial charge in [-0.1, -0.05) is 42.1 Å². The van der Waals surface area contributed by atoms with Crippen molar-refractivity contribution in [2.75, 3.05) is 26.9 Å². The van der Waals surface area contributed by atoms with Crippen LogP contribution in [0.5, 0.6) is 0 Å². The van der Waals surface area contributed by atoms with Gasteiger partial charge in [0.15, 0.2) is 11.0 Å². The summed E-state index contributed by atoms with van der Waals surface area (Å²) in [5.74, 6) is 0.573. The highest BCUT2D eigenvalue weighted by Gasteiger charge is 2.22. The Morgan fingerprint density at radius 1 is 1.10 bits per heavy atom. The van der Waals surface area contributed by atoms with E-state index in [9.17, 15) is 13.2 Å². The van der Waals surface area contributed by atoms with Gasteiger partial charge in [-0.25, -0.2) is 12.7 Å². The third kappa shape index (κ3) is 4.65. The van der Waals surface area contributed by atoms with Crippen LogP contribution in [0.3, 0.4) is 0 Å². The summed E-state index contributed by atoms with van der Waals surface area (Å²) in [5.41, 5.74) is 3.55. The molecule has 0 atom stereocenters. The number of hydrogen-bond donors (Lipinski definition) is 1. The molecular formula is C21H25N5O3S2. The van der Waals surface area contributed by atoms with Crippen molar-refractivity contribution in [3.8, 4) is 17.1 Å². The molecule has 31 heavy (non-hydrogen) atoms. The minimum absolute atomic E-state index is 0.123. The van der Waals surface area contributed by atoms with E-state index in [1.807, 2.05) is 36.6 Å². The Morgan fingerprint density at radius 2 is 1.74 bits per heavy atom. The van der Waals surface area contributed by atoms with E-state index in [0.29, 0.717) is 16.5 Å². The average Bonchev–Trinajstić information content (AvgIpc) is 3.15. The molecule has 2 aromatic carbocycles. The van der Waals surface area contributed by atoms with E-state index in [4.69, 9.17) is 0 Å². The number of sulfonamides is 1. The van der Waals surface area contributed by atoms with Crippen LogP contribution in [0.2, 0.25) is 0 Å². The van der Waals surface area contributed by atoms with Gasteiger partial charge in [-0.15, -0.1) is 10.2 Å². The number of aryl methyl sites for hydroxylation is 2. The fraction of sp³-hybridized carbons (Fsp3) is 0.286. The fourth-order valence-corrected chi connectivity index (χ4v) is 4.88. The van der Waals surface area contributed by atoms with E-state index in [1.54, 1.807) is 31.3 Å². The summed E-state index contributed by atoms with van der Waals surface area (Å²) in [4.78, 5) is 12.0. The molecule has 0 saturated heterocycles. The van der Waals surface area contributed by atoms with Crippen LogP contribution in [0.25, 0.3) is 17.1 Å². The lowest BCUT2D eigenvalue weighted by Gasteiger charge is -2.16. The largest absolute Gasteiger partial charge is 0.358 e. The molecule has 10 heteroatoms. The maximum absolute atomic E-state index is 12.6. The number of hydrogen-bond acceptors (Lipinski definition) is 6. The molecule has 3 aromatic rings. The van der Waals surface area contributed by atoms with Gasteiger partial charge in [0.05, 0.1) is 16.3 Å². The van der Waals surface area contributed by atoms with E-state index < -0.39 is 10.0 Å². The lowest BCUT2D eigenvalue weighted by atomic mass is 10.1. The number of carbonyl (C=O) groups excluding carboxylic acids is 1. The third-order valence-corrected chi connectivity index (χ3v) is 7.52. The molecule has 3 rings (SSSR count). The van der Waals surface area contributed by atoms with Crippen molar-refractivity contribution in [1.29, 1.82) is 0 Å². The Kier molecular flexibility index (Phi) is 6.83. The monoisotopic (exact) mass is 459 g/mol. The molecule has 0 radical (unpaired) electrons. The van der Waals surface area contributed by atoms with Gasteiger partial charge in [0, 0.05) is 26.7 Å². The maximum Gasteiger partial charge on any atom is 0.242 e. The molecule has 0 aliphatic heterocycles. The fourth-order valence-electron chi connectivity index (χ4n) is 3.12. The topological polar surface area (TPSA) is 97.2 Å². The predicted molar refractivity (Wildman–Crippen MR) is 122 cm³/mol. The Balaban J connectivity index is 2.20. The SMILES string of the molecule is CNC(=O)CSc1nnc(-c2cccc(S(=O)(=O)N(C)C)c2)n1-c1c(C)cccc1C. The number of thioether (sulfide) groups is 1. The van der Waals surface area contributed by atoms with Crippen molar-refractivity contribution in [3.63, 3.8) is 0 Å². The van der Waals surface area contributed by atoms with Crippen molar-refractivity contribution in [1.82, 2.24) is 24.4 Å². The number of benzene rings is 2. The lowest BCUT2D eigenvalue weighted by molar-refractivity contribution is -0.118. The van der Waals surface area contributed by atoms with Gasteiger partial charge in [0.25, 0.3) is 0 Å². The van der Waals surface area contributed by atoms with Crippen LogP contribution in [0.1, 0.15) is 11.1 Å². The van der Waals surface area contributed by atoms with Crippen molar-refractivity contribution < 1.29 is 13.2 Å². The molecule has 8 nitrogen and oxygen atoms in total. The van der Waals surface area contributed by atoms with Crippen molar-refractivity contribution in [2.24, 2.45) is 0 Å². The quantitative estimate of drug-likeness (QED) is 0.546. The molecule has 1 amide bonds. The van der Waals surface area contributed by atoms with E-state index >= 15 is 0 Å². The first-order valence-electron chi connectivity index (χ1n) is 9.55. The molecule has 164 valence electrons. The van der Waals surface area contributed by atoms with Gasteiger partial charge >= 0.3 is 0 Å². The molecule has 0 spiro atoms. The summed E-state index contributed by atoms with van der Waals surface area (Å²) in [5, 5.41) is 11.8. The zero-order valence-corrected chi connectivity index (χ0v) is 19.7. The second kappa shape index (κ2) is 9.21. The molecule has 1 heterocycles. The van der Waals surface area contributed by atoms with Crippen LogP contribution in [0.15, 0.2) is 52.5 Å². The Bertz CT molecular complexity index is 1200. The molecule has 0 aliphatic carbocycles. The third-order valence-electron chi connectivity index (χ3n) is 4.78. The number of amides is 1. The van der Waals surface area contributed by atoms with Crippen LogP contribution >= 0.6 is 11.8 Å². The lowest BCUT2D eigenvalue weighted by Crippen LogP contribution is -2.22. The zero-order valence-electron chi connectivity index (χ0n) is 18.1. The molecule has 0 saturated carbocycles. The van der Waals surface area contributed by atoms with Crippen LogP contribution in [-0.2, 0) is 14.8 Å². The van der Waals surface area contributed by atoms with Gasteiger partial charge < -0.3 is 5.32 Å². The maximum atomic E-state index is 12.6. The van der Waals surface area contributed by atoms with E-state index in [1.165, 1.54) is 30.2 Å². The molecule has 0 fully saturated rings. The summed E-state index contributed by atoms with van der Waals surface area (Å²) in [7, 11) is 0.973. The van der Waals surface area contributed by atoms with Crippen molar-refractivity contribution >= 4 is 27.7 Å². The van der Waals surface area contributed by atoms with Gasteiger partial charge in [0.2, 0.25) is 15.9 Å². The summed E-state index contributed by atoms with van der Waals surface area (Å²) >= 11 is 1.27. The van der Waals surface area contributed by atoms with Crippen LogP contribution < -0.4 is 5.32 Å². The Labute approximate surface area is 186 Å². The minimum atomic E-state index is -3.60. The summed E-state index contributed by atoms with van der Waals surface area (Å²) in [6, 6.07) is 12.6. The normalized spacial score (nSPS) is 11.7. The van der Waals surface area contributed by atoms with Gasteiger partial charge in [-0.05, 0) is 37.1 Å². The second-order valence-corrected chi connectivity index (χ2v) is 10.3. The number of para-hydroxylation sites is 1. The summed E-state index contributed by atoms with van der Waals surface area (Å²) in [6.45, 7) is 3.98. The predicted octanol–water partition coefficient (Wildman–Crippen LogP) is 2.64. The first-order valence-corrected chi connectivity index (χ1v) is 12.0. The first kappa shape index (κ1) is 23.0. The summed E-state index contributed by atoms with van der Waals surface area (Å²) in [6.07, 6.45) is 0. The Hall–Kier alpha value is -2.69. The standard InChI is InChI=1S/C21H25N5O3S2/c1-14-8-6-9-15(2)19(14)26-20(23-24-21(26)30-13-18(27)22-3)16-10-7-11-17(12-16)31(28,29)25(4)5/h6-12H,13H2,1-5H3,(H,22,27). The average molecular weight is 460 g/mol. The molecule has 1 aromatic heterocycles. The van der Waals surface area contributed by atoms with Crippen molar-refractivity contribution in [2.45, 2.75) is 23.9 Å². The number of aromatic nitrogens is 3.